The van der Waals surface area contributed by atoms with E-state index in [0.717, 1.165) is 96.0 Å². The summed E-state index contributed by atoms with van der Waals surface area (Å²) in [6, 6.07) is 6.54. The molecule has 6 heterocycles. The van der Waals surface area contributed by atoms with Crippen molar-refractivity contribution in [3.8, 4) is 17.2 Å². The van der Waals surface area contributed by atoms with Gasteiger partial charge in [0.15, 0.2) is 11.6 Å². The van der Waals surface area contributed by atoms with Crippen molar-refractivity contribution >= 4 is 11.7 Å². The van der Waals surface area contributed by atoms with E-state index in [0.29, 0.717) is 43.3 Å². The molecular weight excluding hydrogens is 675 g/mol. The fourth-order valence-corrected chi connectivity index (χ4v) is 8.36. The van der Waals surface area contributed by atoms with Gasteiger partial charge in [-0.1, -0.05) is 0 Å². The summed E-state index contributed by atoms with van der Waals surface area (Å²) >= 11 is 0. The second-order valence-corrected chi connectivity index (χ2v) is 15.1. The third-order valence-electron chi connectivity index (χ3n) is 11.4. The molecule has 1 aromatic carbocycles. The maximum Gasteiger partial charge on any atom is 0.257 e. The Hall–Kier alpha value is -3.91. The Bertz CT molecular complexity index is 1700. The molecule has 3 fully saturated rings. The number of piperidine rings is 2. The number of carbonyl (C=O) groups excluding carboxylic acids is 1. The zero-order chi connectivity index (χ0) is 36.9. The van der Waals surface area contributed by atoms with Crippen molar-refractivity contribution in [2.24, 2.45) is 0 Å². The van der Waals surface area contributed by atoms with Crippen LogP contribution in [0.5, 0.6) is 17.2 Å². The minimum Gasteiger partial charge on any atom is -0.490 e. The predicted octanol–water partition coefficient (Wildman–Crippen LogP) is 4.87. The Morgan fingerprint density at radius 3 is 2.66 bits per heavy atom. The number of carbonyl (C=O) groups is 1. The Labute approximate surface area is 313 Å². The maximum absolute atomic E-state index is 14.4. The maximum atomic E-state index is 14.4. The molecule has 2 atom stereocenters. The predicted molar refractivity (Wildman–Crippen MR) is 201 cm³/mol. The smallest absolute Gasteiger partial charge is 0.257 e. The third kappa shape index (κ3) is 8.74. The van der Waals surface area contributed by atoms with Gasteiger partial charge in [-0.15, -0.1) is 0 Å². The molecule has 0 aliphatic carbocycles. The lowest BCUT2D eigenvalue weighted by Gasteiger charge is -2.45. The van der Waals surface area contributed by atoms with Crippen LogP contribution in [0, 0.1) is 5.82 Å². The molecule has 13 heteroatoms. The summed E-state index contributed by atoms with van der Waals surface area (Å²) in [6.45, 7) is 15.9. The first-order valence-corrected chi connectivity index (χ1v) is 19.5. The number of amides is 1. The van der Waals surface area contributed by atoms with Crippen molar-refractivity contribution in [1.82, 2.24) is 34.6 Å². The lowest BCUT2D eigenvalue weighted by Crippen LogP contribution is -2.58. The van der Waals surface area contributed by atoms with Crippen molar-refractivity contribution < 1.29 is 23.4 Å². The van der Waals surface area contributed by atoms with E-state index >= 15 is 0 Å². The van der Waals surface area contributed by atoms with Crippen molar-refractivity contribution in [3.05, 3.63) is 65.6 Å². The minimum absolute atomic E-state index is 0.0439. The van der Waals surface area contributed by atoms with Crippen LogP contribution in [0.2, 0.25) is 0 Å². The van der Waals surface area contributed by atoms with Gasteiger partial charge in [0, 0.05) is 101 Å². The lowest BCUT2D eigenvalue weighted by atomic mass is 9.99. The van der Waals surface area contributed by atoms with Gasteiger partial charge >= 0.3 is 0 Å². The molecular formula is C40H55FN8O4. The van der Waals surface area contributed by atoms with E-state index in [1.54, 1.807) is 11.1 Å². The van der Waals surface area contributed by atoms with E-state index in [1.807, 2.05) is 33.0 Å². The van der Waals surface area contributed by atoms with Crippen LogP contribution in [-0.4, -0.2) is 137 Å². The Balaban J connectivity index is 0.940. The molecule has 0 radical (unpaired) electrons. The molecule has 286 valence electrons. The van der Waals surface area contributed by atoms with E-state index in [9.17, 15) is 9.18 Å². The topological polar surface area (TPSA) is 99.6 Å². The highest BCUT2D eigenvalue weighted by atomic mass is 19.1. The number of fused-ring (bicyclic) bond motifs is 2. The van der Waals surface area contributed by atoms with Crippen LogP contribution < -0.4 is 14.4 Å². The number of pyridine rings is 1. The SMILES string of the molecule is CCN(C(=O)c1cc(F)ccc1Oc1cncnc1N1CCC(Oc2ccnc3c2CN(CCCN2CC[C@@H]4OCCN(C)[C@H]4C2)CC3)CC1)C(C)C. The number of anilines is 1. The molecule has 3 aromatic rings. The fourth-order valence-electron chi connectivity index (χ4n) is 8.36. The molecule has 1 amide bonds. The highest BCUT2D eigenvalue weighted by molar-refractivity contribution is 5.97. The zero-order valence-corrected chi connectivity index (χ0v) is 31.8. The lowest BCUT2D eigenvalue weighted by molar-refractivity contribution is -0.0946. The molecule has 12 nitrogen and oxygen atoms in total. The summed E-state index contributed by atoms with van der Waals surface area (Å²) < 4.78 is 33.4. The summed E-state index contributed by atoms with van der Waals surface area (Å²) in [7, 11) is 2.24. The number of aromatic nitrogens is 3. The summed E-state index contributed by atoms with van der Waals surface area (Å²) in [5.41, 5.74) is 2.54. The second kappa shape index (κ2) is 17.0. The van der Waals surface area contributed by atoms with Gasteiger partial charge in [0.2, 0.25) is 0 Å². The first-order chi connectivity index (χ1) is 25.8. The summed E-state index contributed by atoms with van der Waals surface area (Å²) in [6.07, 6.45) is 10.3. The highest BCUT2D eigenvalue weighted by Crippen LogP contribution is 2.35. The monoisotopic (exact) mass is 730 g/mol. The number of hydrogen-bond donors (Lipinski definition) is 0. The van der Waals surface area contributed by atoms with Crippen LogP contribution in [0.4, 0.5) is 10.2 Å². The molecule has 2 aromatic heterocycles. The number of likely N-dealkylation sites (tertiary alicyclic amines) is 1. The van der Waals surface area contributed by atoms with Crippen molar-refractivity contribution in [2.75, 3.05) is 77.5 Å². The Kier molecular flexibility index (Phi) is 12.0. The summed E-state index contributed by atoms with van der Waals surface area (Å²) in [5.74, 6) is 1.50. The van der Waals surface area contributed by atoms with Gasteiger partial charge < -0.3 is 28.9 Å². The van der Waals surface area contributed by atoms with Crippen LogP contribution >= 0.6 is 0 Å². The van der Waals surface area contributed by atoms with Crippen molar-refractivity contribution in [3.63, 3.8) is 0 Å². The Morgan fingerprint density at radius 1 is 1.02 bits per heavy atom. The highest BCUT2D eigenvalue weighted by Gasteiger charge is 2.35. The number of likely N-dealkylation sites (N-methyl/N-ethyl adjacent to an activating group) is 1. The van der Waals surface area contributed by atoms with E-state index in [4.69, 9.17) is 19.2 Å². The number of rotatable bonds is 12. The second-order valence-electron chi connectivity index (χ2n) is 15.1. The van der Waals surface area contributed by atoms with E-state index in [-0.39, 0.29) is 29.4 Å². The molecule has 4 aliphatic rings. The molecule has 4 aliphatic heterocycles. The number of morpholine rings is 1. The number of ether oxygens (including phenoxy) is 3. The quantitative estimate of drug-likeness (QED) is 0.255. The number of benzene rings is 1. The van der Waals surface area contributed by atoms with Gasteiger partial charge in [0.25, 0.3) is 5.91 Å². The first kappa shape index (κ1) is 37.4. The first-order valence-electron chi connectivity index (χ1n) is 19.5. The largest absolute Gasteiger partial charge is 0.490 e. The van der Waals surface area contributed by atoms with Gasteiger partial charge in [-0.2, -0.15) is 0 Å². The minimum atomic E-state index is -0.496. The number of hydrogen-bond acceptors (Lipinski definition) is 11. The van der Waals surface area contributed by atoms with Gasteiger partial charge in [-0.25, -0.2) is 14.4 Å². The average Bonchev–Trinajstić information content (AvgIpc) is 3.17. The molecule has 3 saturated heterocycles. The van der Waals surface area contributed by atoms with Gasteiger partial charge in [-0.05, 0) is 78.0 Å². The van der Waals surface area contributed by atoms with Gasteiger partial charge in [0.05, 0.1) is 24.5 Å². The normalized spacial score (nSPS) is 21.7. The molecule has 7 rings (SSSR count). The Morgan fingerprint density at radius 2 is 1.85 bits per heavy atom. The molecule has 53 heavy (non-hydrogen) atoms. The molecule has 0 saturated carbocycles. The molecule has 0 unspecified atom stereocenters. The van der Waals surface area contributed by atoms with Crippen molar-refractivity contribution in [1.29, 1.82) is 0 Å². The van der Waals surface area contributed by atoms with E-state index in [2.05, 4.69) is 36.6 Å². The fraction of sp³-hybridized carbons (Fsp3) is 0.600. The summed E-state index contributed by atoms with van der Waals surface area (Å²) in [4.78, 5) is 38.5. The number of nitrogens with zero attached hydrogens (tertiary/aromatic N) is 8. The molecule has 0 bridgehead atoms. The molecule has 0 N–H and O–H groups in total. The van der Waals surface area contributed by atoms with Crippen LogP contribution in [0.15, 0.2) is 43.0 Å². The van der Waals surface area contributed by atoms with Crippen LogP contribution in [0.3, 0.4) is 0 Å². The van der Waals surface area contributed by atoms with Crippen LogP contribution in [-0.2, 0) is 17.7 Å². The standard InChI is InChI=1S/C40H55FN8O4/c1-5-49(28(2)3)40(50)31-23-29(41)7-8-35(31)53-38-24-42-27-44-39(38)48-19-10-30(11-20-48)52-36-9-14-43-33-12-17-46(25-32(33)36)15-6-16-47-18-13-37-34(26-47)45(4)21-22-51-37/h7-9,14,23-24,27-28,30,34,37H,5-6,10-13,15-22,25-26H2,1-4H3/t34-,37-/m0/s1. The van der Waals surface area contributed by atoms with Crippen LogP contribution in [0.25, 0.3) is 0 Å². The zero-order valence-electron chi connectivity index (χ0n) is 31.8. The van der Waals surface area contributed by atoms with E-state index < -0.39 is 5.82 Å². The van der Waals surface area contributed by atoms with Gasteiger partial charge in [-0.3, -0.25) is 19.6 Å². The summed E-state index contributed by atoms with van der Waals surface area (Å²) in [5, 5.41) is 0. The van der Waals surface area contributed by atoms with Crippen LogP contribution in [0.1, 0.15) is 68.1 Å². The third-order valence-corrected chi connectivity index (χ3v) is 11.4. The molecule has 0 spiro atoms. The van der Waals surface area contributed by atoms with Crippen molar-refractivity contribution in [2.45, 2.75) is 83.7 Å². The number of halogens is 1. The van der Waals surface area contributed by atoms with E-state index in [1.165, 1.54) is 30.1 Å². The average molecular weight is 731 g/mol. The van der Waals surface area contributed by atoms with Gasteiger partial charge in [0.1, 0.15) is 29.7 Å².